The van der Waals surface area contributed by atoms with Gasteiger partial charge in [-0.2, -0.15) is 0 Å². The van der Waals surface area contributed by atoms with Crippen LogP contribution in [0.1, 0.15) is 46.5 Å². The zero-order valence-electron chi connectivity index (χ0n) is 10.7. The first kappa shape index (κ1) is 13.0. The molecule has 0 aromatic carbocycles. The second-order valence-corrected chi connectivity index (χ2v) is 5.39. The maximum Gasteiger partial charge on any atom is 0.00740 e. The van der Waals surface area contributed by atoms with E-state index in [0.29, 0.717) is 12.0 Å². The number of nitrogens with two attached hydrogens (primary N) is 1. The van der Waals surface area contributed by atoms with Gasteiger partial charge in [0.2, 0.25) is 0 Å². The fraction of sp³-hybridized carbons (Fsp3) is 1.00. The summed E-state index contributed by atoms with van der Waals surface area (Å²) in [5.74, 6) is 1.61. The molecule has 0 saturated carbocycles. The van der Waals surface area contributed by atoms with Crippen LogP contribution in [0.15, 0.2) is 0 Å². The summed E-state index contributed by atoms with van der Waals surface area (Å²) in [6, 6.07) is 0.383. The van der Waals surface area contributed by atoms with Gasteiger partial charge in [0.1, 0.15) is 0 Å². The molecule has 1 rings (SSSR count). The first-order chi connectivity index (χ1) is 7.13. The topological polar surface area (TPSA) is 29.3 Å². The van der Waals surface area contributed by atoms with Crippen molar-refractivity contribution in [2.45, 2.75) is 52.5 Å². The monoisotopic (exact) mass is 212 g/mol. The summed E-state index contributed by atoms with van der Waals surface area (Å²) in [6.07, 6.45) is 5.31. The summed E-state index contributed by atoms with van der Waals surface area (Å²) in [5.41, 5.74) is 6.06. The van der Waals surface area contributed by atoms with Gasteiger partial charge in [-0.15, -0.1) is 0 Å². The van der Waals surface area contributed by atoms with Crippen molar-refractivity contribution in [3.05, 3.63) is 0 Å². The summed E-state index contributed by atoms with van der Waals surface area (Å²) < 4.78 is 0. The summed E-state index contributed by atoms with van der Waals surface area (Å²) in [5, 5.41) is 0. The van der Waals surface area contributed by atoms with E-state index in [4.69, 9.17) is 5.73 Å². The Hall–Kier alpha value is -0.0800. The minimum absolute atomic E-state index is 0.383. The van der Waals surface area contributed by atoms with Gasteiger partial charge in [-0.25, -0.2) is 0 Å². The summed E-state index contributed by atoms with van der Waals surface area (Å²) in [6.45, 7) is 10.5. The lowest BCUT2D eigenvalue weighted by atomic mass is 9.94. The van der Waals surface area contributed by atoms with Crippen molar-refractivity contribution in [1.82, 2.24) is 4.90 Å². The number of rotatable bonds is 5. The molecular formula is C13H28N2. The van der Waals surface area contributed by atoms with Gasteiger partial charge >= 0.3 is 0 Å². The van der Waals surface area contributed by atoms with Gasteiger partial charge in [-0.3, -0.25) is 0 Å². The molecule has 2 nitrogen and oxygen atoms in total. The fourth-order valence-corrected chi connectivity index (χ4v) is 2.28. The molecule has 0 spiro atoms. The van der Waals surface area contributed by atoms with Gasteiger partial charge in [-0.05, 0) is 50.7 Å². The number of piperidine rings is 1. The zero-order valence-corrected chi connectivity index (χ0v) is 10.7. The summed E-state index contributed by atoms with van der Waals surface area (Å²) >= 11 is 0. The van der Waals surface area contributed by atoms with Gasteiger partial charge in [0.15, 0.2) is 0 Å². The van der Waals surface area contributed by atoms with Gasteiger partial charge in [0.25, 0.3) is 0 Å². The molecular weight excluding hydrogens is 184 g/mol. The van der Waals surface area contributed by atoms with Crippen LogP contribution >= 0.6 is 0 Å². The van der Waals surface area contributed by atoms with Crippen LogP contribution in [0.3, 0.4) is 0 Å². The van der Waals surface area contributed by atoms with Crippen LogP contribution in [-0.4, -0.2) is 30.6 Å². The van der Waals surface area contributed by atoms with Crippen molar-refractivity contribution in [2.24, 2.45) is 17.6 Å². The lowest BCUT2D eigenvalue weighted by molar-refractivity contribution is 0.174. The number of nitrogens with zero attached hydrogens (tertiary/aromatic N) is 1. The lowest BCUT2D eigenvalue weighted by Gasteiger charge is -2.32. The minimum atomic E-state index is 0.383. The normalized spacial score (nSPS) is 22.2. The van der Waals surface area contributed by atoms with Crippen LogP contribution in [-0.2, 0) is 0 Å². The highest BCUT2D eigenvalue weighted by molar-refractivity contribution is 4.74. The molecule has 0 amide bonds. The van der Waals surface area contributed by atoms with Crippen molar-refractivity contribution in [2.75, 3.05) is 19.6 Å². The average Bonchev–Trinajstić information content (AvgIpc) is 2.26. The van der Waals surface area contributed by atoms with Gasteiger partial charge in [0, 0.05) is 6.04 Å². The lowest BCUT2D eigenvalue weighted by Crippen LogP contribution is -2.38. The molecule has 1 heterocycles. The third kappa shape index (κ3) is 4.52. The number of hydrogen-bond donors (Lipinski definition) is 1. The van der Waals surface area contributed by atoms with E-state index in [1.54, 1.807) is 0 Å². The molecule has 1 fully saturated rings. The Balaban J connectivity index is 2.13. The minimum Gasteiger partial charge on any atom is -0.327 e. The number of hydrogen-bond acceptors (Lipinski definition) is 2. The third-order valence-corrected chi connectivity index (χ3v) is 3.92. The van der Waals surface area contributed by atoms with Gasteiger partial charge in [0.05, 0.1) is 0 Å². The second kappa shape index (κ2) is 6.49. The van der Waals surface area contributed by atoms with E-state index in [1.807, 2.05) is 0 Å². The quantitative estimate of drug-likeness (QED) is 0.758. The van der Waals surface area contributed by atoms with Gasteiger partial charge in [-0.1, -0.05) is 27.2 Å². The van der Waals surface area contributed by atoms with E-state index in [-0.39, 0.29) is 0 Å². The molecule has 15 heavy (non-hydrogen) atoms. The van der Waals surface area contributed by atoms with Crippen molar-refractivity contribution < 1.29 is 0 Å². The zero-order chi connectivity index (χ0) is 11.3. The highest BCUT2D eigenvalue weighted by Crippen LogP contribution is 2.20. The highest BCUT2D eigenvalue weighted by atomic mass is 15.1. The van der Waals surface area contributed by atoms with Crippen LogP contribution in [0, 0.1) is 11.8 Å². The van der Waals surface area contributed by atoms with Crippen molar-refractivity contribution in [3.8, 4) is 0 Å². The van der Waals surface area contributed by atoms with Crippen LogP contribution in [0.2, 0.25) is 0 Å². The molecule has 1 atom stereocenters. The largest absolute Gasteiger partial charge is 0.327 e. The molecule has 0 aromatic heterocycles. The molecule has 1 aliphatic heterocycles. The smallest absolute Gasteiger partial charge is 0.00740 e. The molecule has 0 bridgehead atoms. The number of likely N-dealkylation sites (tertiary alicyclic amines) is 1. The maximum atomic E-state index is 6.06. The standard InChI is InChI=1S/C13H28N2/c1-4-12-5-8-15(9-6-12)10-7-13(14)11(2)3/h11-13H,4-10,14H2,1-3H3. The van der Waals surface area contributed by atoms with E-state index in [9.17, 15) is 0 Å². The van der Waals surface area contributed by atoms with E-state index in [1.165, 1.54) is 38.9 Å². The molecule has 1 unspecified atom stereocenters. The molecule has 2 heteroatoms. The molecule has 0 radical (unpaired) electrons. The molecule has 1 saturated heterocycles. The van der Waals surface area contributed by atoms with Crippen molar-refractivity contribution in [3.63, 3.8) is 0 Å². The molecule has 90 valence electrons. The Morgan fingerprint density at radius 3 is 2.33 bits per heavy atom. The summed E-state index contributed by atoms with van der Waals surface area (Å²) in [4.78, 5) is 2.59. The maximum absolute atomic E-state index is 6.06. The predicted octanol–water partition coefficient (Wildman–Crippen LogP) is 2.48. The molecule has 1 aliphatic rings. The molecule has 2 N–H and O–H groups in total. The van der Waals surface area contributed by atoms with Crippen molar-refractivity contribution in [1.29, 1.82) is 0 Å². The van der Waals surface area contributed by atoms with Crippen LogP contribution in [0.4, 0.5) is 0 Å². The fourth-order valence-electron chi connectivity index (χ4n) is 2.28. The molecule has 0 aliphatic carbocycles. The second-order valence-electron chi connectivity index (χ2n) is 5.39. The SMILES string of the molecule is CCC1CCN(CCC(N)C(C)C)CC1. The molecule has 0 aromatic rings. The van der Waals surface area contributed by atoms with Gasteiger partial charge < -0.3 is 10.6 Å². The highest BCUT2D eigenvalue weighted by Gasteiger charge is 2.18. The van der Waals surface area contributed by atoms with E-state index < -0.39 is 0 Å². The van der Waals surface area contributed by atoms with E-state index in [0.717, 1.165) is 12.3 Å². The van der Waals surface area contributed by atoms with Crippen LogP contribution in [0.5, 0.6) is 0 Å². The van der Waals surface area contributed by atoms with E-state index >= 15 is 0 Å². The third-order valence-electron chi connectivity index (χ3n) is 3.92. The average molecular weight is 212 g/mol. The summed E-state index contributed by atoms with van der Waals surface area (Å²) in [7, 11) is 0. The first-order valence-electron chi connectivity index (χ1n) is 6.61. The Bertz CT molecular complexity index is 160. The van der Waals surface area contributed by atoms with Crippen molar-refractivity contribution >= 4 is 0 Å². The van der Waals surface area contributed by atoms with Crippen LogP contribution in [0.25, 0.3) is 0 Å². The Labute approximate surface area is 95.2 Å². The predicted molar refractivity (Wildman–Crippen MR) is 66.9 cm³/mol. The Morgan fingerprint density at radius 1 is 1.27 bits per heavy atom. The van der Waals surface area contributed by atoms with E-state index in [2.05, 4.69) is 25.7 Å². The Morgan fingerprint density at radius 2 is 1.87 bits per heavy atom. The van der Waals surface area contributed by atoms with Crippen LogP contribution < -0.4 is 5.73 Å². The Kier molecular flexibility index (Phi) is 5.62. The first-order valence-corrected chi connectivity index (χ1v) is 6.61.